The quantitative estimate of drug-likeness (QED) is 0.521. The van der Waals surface area contributed by atoms with Gasteiger partial charge in [0.1, 0.15) is 0 Å². The number of carbonyl (C=O) groups is 3. The highest BCUT2D eigenvalue weighted by Crippen LogP contribution is 2.48. The Morgan fingerprint density at radius 2 is 1.79 bits per heavy atom. The van der Waals surface area contributed by atoms with E-state index in [-0.39, 0.29) is 23.2 Å². The monoisotopic (exact) mass is 416 g/mol. The molecule has 1 aromatic rings. The molecule has 1 fully saturated rings. The topological polar surface area (TPSA) is 95.5 Å². The van der Waals surface area contributed by atoms with Crippen molar-refractivity contribution in [2.24, 2.45) is 35.0 Å². The lowest BCUT2D eigenvalue weighted by molar-refractivity contribution is -0.148. The summed E-state index contributed by atoms with van der Waals surface area (Å²) >= 11 is 1.61. The third-order valence-electron chi connectivity index (χ3n) is 6.97. The molecule has 3 aliphatic rings. The normalized spacial score (nSPS) is 30.1. The van der Waals surface area contributed by atoms with Crippen LogP contribution in [0.2, 0.25) is 0 Å². The zero-order valence-corrected chi connectivity index (χ0v) is 17.8. The first-order valence-electron chi connectivity index (χ1n) is 10.3. The summed E-state index contributed by atoms with van der Waals surface area (Å²) in [5, 5.41) is 11.4. The second kappa shape index (κ2) is 7.27. The Balaban J connectivity index is 1.40. The van der Waals surface area contributed by atoms with Crippen LogP contribution in [0.4, 0.5) is 0 Å². The molecule has 3 N–H and O–H groups in total. The zero-order valence-electron chi connectivity index (χ0n) is 17.0. The standard InChI is InChI=1S/C22H28N2O4S/c1-22(2,3)13-6-7-14-15(10-29-16(14)9-13)19(25)23-24-20(26)17-11-4-5-12(8-11)18(17)21(27)28/h4-5,10-13,17-18H,6-9H2,1-3H3,(H,23,25)(H,24,26)(H,27,28). The van der Waals surface area contributed by atoms with Crippen LogP contribution in [-0.4, -0.2) is 22.9 Å². The van der Waals surface area contributed by atoms with Gasteiger partial charge in [-0.3, -0.25) is 25.2 Å². The van der Waals surface area contributed by atoms with E-state index in [0.717, 1.165) is 24.8 Å². The van der Waals surface area contributed by atoms with Crippen molar-refractivity contribution >= 4 is 29.1 Å². The van der Waals surface area contributed by atoms with Crippen molar-refractivity contribution in [3.05, 3.63) is 33.5 Å². The van der Waals surface area contributed by atoms with Crippen molar-refractivity contribution in [3.63, 3.8) is 0 Å². The Morgan fingerprint density at radius 1 is 1.10 bits per heavy atom. The first-order chi connectivity index (χ1) is 13.7. The molecule has 1 aromatic heterocycles. The molecule has 29 heavy (non-hydrogen) atoms. The lowest BCUT2D eigenvalue weighted by Crippen LogP contribution is -2.48. The van der Waals surface area contributed by atoms with Crippen molar-refractivity contribution < 1.29 is 19.5 Å². The molecule has 0 saturated heterocycles. The van der Waals surface area contributed by atoms with E-state index in [1.54, 1.807) is 11.3 Å². The number of amides is 2. The number of nitrogens with one attached hydrogen (secondary N) is 2. The number of fused-ring (bicyclic) bond motifs is 3. The molecule has 5 unspecified atom stereocenters. The first kappa shape index (κ1) is 20.1. The van der Waals surface area contributed by atoms with Crippen LogP contribution < -0.4 is 10.9 Å². The smallest absolute Gasteiger partial charge is 0.307 e. The first-order valence-corrected chi connectivity index (χ1v) is 11.2. The highest BCUT2D eigenvalue weighted by molar-refractivity contribution is 7.10. The van der Waals surface area contributed by atoms with Crippen molar-refractivity contribution in [3.8, 4) is 0 Å². The maximum absolute atomic E-state index is 12.7. The minimum absolute atomic E-state index is 0.0683. The molecule has 4 rings (SSSR count). The number of aliphatic carboxylic acids is 1. The number of carboxylic acids is 1. The lowest BCUT2D eigenvalue weighted by atomic mass is 9.72. The van der Waals surface area contributed by atoms with Crippen molar-refractivity contribution in [1.82, 2.24) is 10.9 Å². The van der Waals surface area contributed by atoms with Gasteiger partial charge >= 0.3 is 5.97 Å². The molecule has 0 spiro atoms. The number of thiophene rings is 1. The van der Waals surface area contributed by atoms with Crippen LogP contribution in [-0.2, 0) is 22.4 Å². The van der Waals surface area contributed by atoms with E-state index in [9.17, 15) is 19.5 Å². The molecular weight excluding hydrogens is 388 g/mol. The van der Waals surface area contributed by atoms with E-state index in [4.69, 9.17) is 0 Å². The fourth-order valence-corrected chi connectivity index (χ4v) is 6.39. The number of carboxylic acid groups (broad SMARTS) is 1. The van der Waals surface area contributed by atoms with Crippen LogP contribution in [0.3, 0.4) is 0 Å². The van der Waals surface area contributed by atoms with E-state index >= 15 is 0 Å². The minimum Gasteiger partial charge on any atom is -0.481 e. The summed E-state index contributed by atoms with van der Waals surface area (Å²) in [6, 6.07) is 0. The number of rotatable bonds is 3. The summed E-state index contributed by atoms with van der Waals surface area (Å²) in [4.78, 5) is 38.2. The maximum atomic E-state index is 12.7. The van der Waals surface area contributed by atoms with Gasteiger partial charge in [-0.1, -0.05) is 32.9 Å². The van der Waals surface area contributed by atoms with Gasteiger partial charge in [0.15, 0.2) is 0 Å². The lowest BCUT2D eigenvalue weighted by Gasteiger charge is -2.34. The fraction of sp³-hybridized carbons (Fsp3) is 0.591. The Morgan fingerprint density at radius 3 is 2.45 bits per heavy atom. The van der Waals surface area contributed by atoms with Gasteiger partial charge in [0.05, 0.1) is 17.4 Å². The number of hydrazine groups is 1. The number of hydrogen-bond acceptors (Lipinski definition) is 4. The van der Waals surface area contributed by atoms with Gasteiger partial charge in [-0.05, 0) is 54.4 Å². The Hall–Kier alpha value is -2.15. The predicted molar refractivity (Wildman–Crippen MR) is 110 cm³/mol. The van der Waals surface area contributed by atoms with Gasteiger partial charge < -0.3 is 5.11 Å². The predicted octanol–water partition coefficient (Wildman–Crippen LogP) is 3.18. The third-order valence-corrected chi connectivity index (χ3v) is 8.02. The van der Waals surface area contributed by atoms with Crippen LogP contribution in [0.1, 0.15) is 54.4 Å². The van der Waals surface area contributed by atoms with Gasteiger partial charge in [-0.15, -0.1) is 11.3 Å². The van der Waals surface area contributed by atoms with Crippen molar-refractivity contribution in [2.75, 3.05) is 0 Å². The van der Waals surface area contributed by atoms with Crippen molar-refractivity contribution in [1.29, 1.82) is 0 Å². The SMILES string of the molecule is CC(C)(C)C1CCc2c(C(=O)NNC(=O)C3C4C=CC(C4)C3C(=O)O)csc2C1. The van der Waals surface area contributed by atoms with E-state index in [1.165, 1.54) is 4.88 Å². The summed E-state index contributed by atoms with van der Waals surface area (Å²) in [6.45, 7) is 6.78. The molecule has 1 heterocycles. The number of allylic oxidation sites excluding steroid dienone is 2. The summed E-state index contributed by atoms with van der Waals surface area (Å²) in [5.41, 5.74) is 6.97. The van der Waals surface area contributed by atoms with E-state index in [2.05, 4.69) is 31.6 Å². The van der Waals surface area contributed by atoms with Crippen LogP contribution >= 0.6 is 11.3 Å². The average Bonchev–Trinajstić information content (AvgIpc) is 3.37. The maximum Gasteiger partial charge on any atom is 0.307 e. The molecule has 7 heteroatoms. The van der Waals surface area contributed by atoms with E-state index in [0.29, 0.717) is 17.9 Å². The molecule has 2 amide bonds. The van der Waals surface area contributed by atoms with E-state index < -0.39 is 23.7 Å². The second-order valence-electron chi connectivity index (χ2n) is 9.64. The Kier molecular flexibility index (Phi) is 5.05. The molecular formula is C22H28N2O4S. The summed E-state index contributed by atoms with van der Waals surface area (Å²) in [5.74, 6) is -2.60. The Bertz CT molecular complexity index is 882. The molecule has 2 bridgehead atoms. The zero-order chi connectivity index (χ0) is 20.9. The summed E-state index contributed by atoms with van der Waals surface area (Å²) < 4.78 is 0. The highest BCUT2D eigenvalue weighted by Gasteiger charge is 2.51. The third kappa shape index (κ3) is 3.61. The van der Waals surface area contributed by atoms with Crippen LogP contribution in [0.5, 0.6) is 0 Å². The van der Waals surface area contributed by atoms with Gasteiger partial charge in [-0.2, -0.15) is 0 Å². The summed E-state index contributed by atoms with van der Waals surface area (Å²) in [6.07, 6.45) is 7.43. The second-order valence-corrected chi connectivity index (χ2v) is 10.6. The van der Waals surface area contributed by atoms with Crippen LogP contribution in [0, 0.1) is 35.0 Å². The molecule has 3 aliphatic carbocycles. The fourth-order valence-electron chi connectivity index (χ4n) is 5.23. The molecule has 0 aliphatic heterocycles. The van der Waals surface area contributed by atoms with Gasteiger partial charge in [0, 0.05) is 10.3 Å². The molecule has 0 aromatic carbocycles. The molecule has 5 atom stereocenters. The number of carbonyl (C=O) groups excluding carboxylic acids is 2. The van der Waals surface area contributed by atoms with Crippen molar-refractivity contribution in [2.45, 2.75) is 46.5 Å². The highest BCUT2D eigenvalue weighted by atomic mass is 32.1. The van der Waals surface area contributed by atoms with Gasteiger partial charge in [0.2, 0.25) is 5.91 Å². The molecule has 6 nitrogen and oxygen atoms in total. The van der Waals surface area contributed by atoms with Crippen LogP contribution in [0.25, 0.3) is 0 Å². The van der Waals surface area contributed by atoms with Crippen LogP contribution in [0.15, 0.2) is 17.5 Å². The Labute approximate surface area is 174 Å². The molecule has 0 radical (unpaired) electrons. The molecule has 156 valence electrons. The average molecular weight is 417 g/mol. The molecule has 1 saturated carbocycles. The summed E-state index contributed by atoms with van der Waals surface area (Å²) in [7, 11) is 0. The largest absolute Gasteiger partial charge is 0.481 e. The number of hydrogen-bond donors (Lipinski definition) is 3. The van der Waals surface area contributed by atoms with Gasteiger partial charge in [-0.25, -0.2) is 0 Å². The van der Waals surface area contributed by atoms with Gasteiger partial charge in [0.25, 0.3) is 5.91 Å². The minimum atomic E-state index is -0.950. The van der Waals surface area contributed by atoms with E-state index in [1.807, 2.05) is 17.5 Å².